The molecule has 2 rings (SSSR count). The molecule has 1 aromatic rings. The van der Waals surface area contributed by atoms with Crippen LogP contribution in [0.25, 0.3) is 0 Å². The van der Waals surface area contributed by atoms with Gasteiger partial charge in [-0.3, -0.25) is 0 Å². The van der Waals surface area contributed by atoms with Crippen LogP contribution in [0, 0.1) is 5.92 Å². The number of nitrogens with one attached hydrogen (secondary N) is 1. The van der Waals surface area contributed by atoms with Gasteiger partial charge in [-0.1, -0.05) is 34.1 Å². The molecule has 0 aliphatic carbocycles. The van der Waals surface area contributed by atoms with Gasteiger partial charge in [-0.2, -0.15) is 0 Å². The molecule has 1 aliphatic heterocycles. The molecule has 1 nitrogen and oxygen atoms in total. The number of benzene rings is 1. The van der Waals surface area contributed by atoms with Gasteiger partial charge in [0.1, 0.15) is 0 Å². The molecular weight excluding hydrogens is 238 g/mol. The van der Waals surface area contributed by atoms with Gasteiger partial charge in [-0.25, -0.2) is 0 Å². The van der Waals surface area contributed by atoms with Crippen LogP contribution in [0.15, 0.2) is 28.7 Å². The second kappa shape index (κ2) is 4.94. The Morgan fingerprint density at radius 1 is 1.36 bits per heavy atom. The predicted octanol–water partition coefficient (Wildman–Crippen LogP) is 2.99. The average Bonchev–Trinajstić information content (AvgIpc) is 2.23. The summed E-state index contributed by atoms with van der Waals surface area (Å²) < 4.78 is 1.26. The van der Waals surface area contributed by atoms with Crippen molar-refractivity contribution in [3.8, 4) is 0 Å². The number of hydrogen-bond acceptors (Lipinski definition) is 1. The Hall–Kier alpha value is -0.340. The molecule has 0 radical (unpaired) electrons. The first kappa shape index (κ1) is 10.2. The fourth-order valence-corrected chi connectivity index (χ4v) is 2.52. The van der Waals surface area contributed by atoms with Crippen LogP contribution in [0.4, 0.5) is 0 Å². The molecule has 14 heavy (non-hydrogen) atoms. The Kier molecular flexibility index (Phi) is 3.60. The third-order valence-electron chi connectivity index (χ3n) is 2.87. The predicted molar refractivity (Wildman–Crippen MR) is 63.4 cm³/mol. The number of hydrogen-bond donors (Lipinski definition) is 1. The molecule has 2 heteroatoms. The molecule has 76 valence electrons. The molecule has 1 heterocycles. The maximum absolute atomic E-state index is 3.60. The summed E-state index contributed by atoms with van der Waals surface area (Å²) in [5, 5.41) is 3.46. The van der Waals surface area contributed by atoms with Crippen LogP contribution in [-0.2, 0) is 6.42 Å². The first-order valence-corrected chi connectivity index (χ1v) is 6.09. The van der Waals surface area contributed by atoms with Crippen LogP contribution < -0.4 is 5.32 Å². The summed E-state index contributed by atoms with van der Waals surface area (Å²) in [5.41, 5.74) is 1.45. The van der Waals surface area contributed by atoms with Crippen molar-refractivity contribution in [2.75, 3.05) is 13.1 Å². The third kappa shape index (κ3) is 2.58. The standard InChI is InChI=1S/C12H16BrN/c13-12-6-2-1-5-11(12)8-10-4-3-7-14-9-10/h1-2,5-6,10,14H,3-4,7-9H2. The molecule has 0 spiro atoms. The summed E-state index contributed by atoms with van der Waals surface area (Å²) in [6.45, 7) is 2.38. The lowest BCUT2D eigenvalue weighted by atomic mass is 9.92. The topological polar surface area (TPSA) is 12.0 Å². The van der Waals surface area contributed by atoms with E-state index in [1.165, 1.54) is 42.4 Å². The van der Waals surface area contributed by atoms with Crippen molar-refractivity contribution in [3.05, 3.63) is 34.3 Å². The summed E-state index contributed by atoms with van der Waals surface area (Å²) in [6, 6.07) is 8.55. The molecule has 1 N–H and O–H groups in total. The minimum absolute atomic E-state index is 0.822. The Balaban J connectivity index is 1.99. The molecule has 0 aromatic heterocycles. The molecule has 1 unspecified atom stereocenters. The van der Waals surface area contributed by atoms with Gasteiger partial charge in [0.05, 0.1) is 0 Å². The van der Waals surface area contributed by atoms with Gasteiger partial charge in [0.25, 0.3) is 0 Å². The summed E-state index contributed by atoms with van der Waals surface area (Å²) >= 11 is 3.60. The van der Waals surface area contributed by atoms with Gasteiger partial charge >= 0.3 is 0 Å². The highest BCUT2D eigenvalue weighted by atomic mass is 79.9. The first-order chi connectivity index (χ1) is 6.86. The van der Waals surface area contributed by atoms with Crippen LogP contribution >= 0.6 is 15.9 Å². The second-order valence-electron chi connectivity index (χ2n) is 4.01. The molecule has 1 fully saturated rings. The van der Waals surface area contributed by atoms with Crippen LogP contribution in [0.5, 0.6) is 0 Å². The first-order valence-electron chi connectivity index (χ1n) is 5.30. The zero-order valence-electron chi connectivity index (χ0n) is 8.30. The highest BCUT2D eigenvalue weighted by molar-refractivity contribution is 9.10. The van der Waals surface area contributed by atoms with Crippen LogP contribution in [-0.4, -0.2) is 13.1 Å². The van der Waals surface area contributed by atoms with E-state index in [0.29, 0.717) is 0 Å². The van der Waals surface area contributed by atoms with Crippen molar-refractivity contribution in [2.45, 2.75) is 19.3 Å². The second-order valence-corrected chi connectivity index (χ2v) is 4.86. The Labute approximate surface area is 94.0 Å². The largest absolute Gasteiger partial charge is 0.316 e. The van der Waals surface area contributed by atoms with Crippen molar-refractivity contribution in [3.63, 3.8) is 0 Å². The van der Waals surface area contributed by atoms with E-state index in [-0.39, 0.29) is 0 Å². The van der Waals surface area contributed by atoms with E-state index < -0.39 is 0 Å². The third-order valence-corrected chi connectivity index (χ3v) is 3.64. The highest BCUT2D eigenvalue weighted by Crippen LogP contribution is 2.22. The SMILES string of the molecule is Brc1ccccc1CC1CCCNC1. The Morgan fingerprint density at radius 2 is 2.21 bits per heavy atom. The summed E-state index contributed by atoms with van der Waals surface area (Å²) in [5.74, 6) is 0.822. The lowest BCUT2D eigenvalue weighted by Gasteiger charge is -2.23. The molecule has 1 saturated heterocycles. The van der Waals surface area contributed by atoms with Gasteiger partial charge in [-0.15, -0.1) is 0 Å². The zero-order valence-corrected chi connectivity index (χ0v) is 9.89. The van der Waals surface area contributed by atoms with E-state index in [0.717, 1.165) is 5.92 Å². The molecule has 0 saturated carbocycles. The maximum atomic E-state index is 3.60. The number of piperidine rings is 1. The minimum Gasteiger partial charge on any atom is -0.316 e. The molecular formula is C12H16BrN. The smallest absolute Gasteiger partial charge is 0.0207 e. The fourth-order valence-electron chi connectivity index (χ4n) is 2.07. The number of halogens is 1. The van der Waals surface area contributed by atoms with E-state index in [1.54, 1.807) is 0 Å². The molecule has 0 amide bonds. The summed E-state index contributed by atoms with van der Waals surface area (Å²) in [7, 11) is 0. The lowest BCUT2D eigenvalue weighted by molar-refractivity contribution is 0.376. The highest BCUT2D eigenvalue weighted by Gasteiger charge is 2.14. The Morgan fingerprint density at radius 3 is 2.93 bits per heavy atom. The lowest BCUT2D eigenvalue weighted by Crippen LogP contribution is -2.30. The molecule has 1 atom stereocenters. The number of rotatable bonds is 2. The minimum atomic E-state index is 0.822. The summed E-state index contributed by atoms with van der Waals surface area (Å²) in [4.78, 5) is 0. The van der Waals surface area contributed by atoms with Crippen molar-refractivity contribution in [2.24, 2.45) is 5.92 Å². The van der Waals surface area contributed by atoms with Gasteiger partial charge in [-0.05, 0) is 49.9 Å². The fraction of sp³-hybridized carbons (Fsp3) is 0.500. The summed E-state index contributed by atoms with van der Waals surface area (Å²) in [6.07, 6.45) is 3.90. The molecule has 1 aromatic carbocycles. The average molecular weight is 254 g/mol. The van der Waals surface area contributed by atoms with Crippen LogP contribution in [0.3, 0.4) is 0 Å². The molecule has 1 aliphatic rings. The van der Waals surface area contributed by atoms with E-state index in [2.05, 4.69) is 45.5 Å². The van der Waals surface area contributed by atoms with E-state index in [1.807, 2.05) is 0 Å². The van der Waals surface area contributed by atoms with Crippen molar-refractivity contribution >= 4 is 15.9 Å². The molecule has 0 bridgehead atoms. The van der Waals surface area contributed by atoms with Gasteiger partial charge < -0.3 is 5.32 Å². The van der Waals surface area contributed by atoms with E-state index in [9.17, 15) is 0 Å². The van der Waals surface area contributed by atoms with Gasteiger partial charge in [0.15, 0.2) is 0 Å². The van der Waals surface area contributed by atoms with Crippen molar-refractivity contribution in [1.29, 1.82) is 0 Å². The maximum Gasteiger partial charge on any atom is 0.0207 e. The van der Waals surface area contributed by atoms with E-state index in [4.69, 9.17) is 0 Å². The zero-order chi connectivity index (χ0) is 9.80. The van der Waals surface area contributed by atoms with E-state index >= 15 is 0 Å². The van der Waals surface area contributed by atoms with Crippen LogP contribution in [0.2, 0.25) is 0 Å². The van der Waals surface area contributed by atoms with Gasteiger partial charge in [0, 0.05) is 4.47 Å². The normalized spacial score (nSPS) is 22.2. The quantitative estimate of drug-likeness (QED) is 0.855. The Bertz CT molecular complexity index is 292. The van der Waals surface area contributed by atoms with Gasteiger partial charge in [0.2, 0.25) is 0 Å². The van der Waals surface area contributed by atoms with Crippen molar-refractivity contribution < 1.29 is 0 Å². The van der Waals surface area contributed by atoms with Crippen molar-refractivity contribution in [1.82, 2.24) is 5.32 Å². The van der Waals surface area contributed by atoms with Crippen LogP contribution in [0.1, 0.15) is 18.4 Å². The monoisotopic (exact) mass is 253 g/mol.